The highest BCUT2D eigenvalue weighted by atomic mass is 16.6. The molecule has 12 nitrogen and oxygen atoms in total. The van der Waals surface area contributed by atoms with E-state index in [4.69, 9.17) is 10.5 Å². The average molecular weight is 608 g/mol. The summed E-state index contributed by atoms with van der Waals surface area (Å²) in [7, 11) is 0. The minimum atomic E-state index is -1.11. The maximum Gasteiger partial charge on any atom is 0.329 e. The molecule has 1 heterocycles. The number of esters is 1. The van der Waals surface area contributed by atoms with E-state index < -0.39 is 70.7 Å². The molecule has 5 atom stereocenters. The van der Waals surface area contributed by atoms with Crippen molar-refractivity contribution in [2.45, 2.75) is 125 Å². The average Bonchev–Trinajstić information content (AvgIpc) is 3.55. The Morgan fingerprint density at radius 3 is 1.91 bits per heavy atom. The standard InChI is InChI=1S/C31H53N5O7/c1-16(2)19-13-14-36(22(19)26(39)33-20(15-18-11-12-18)23(37)25(32)38)27(40)21(17(3)4)34-29(42)35-24(30(5,6)7)28(41)43-31(8,9)10/h16-22,24H,11-15H2,1-10H3,(H2,32,38)(H,33,39)(H2,34,35,42)/t19?,20?,21-,22-,24+/m0/s1. The van der Waals surface area contributed by atoms with Crippen LogP contribution in [0.4, 0.5) is 4.79 Å². The zero-order chi connectivity index (χ0) is 33.0. The molecule has 2 rings (SSSR count). The first kappa shape index (κ1) is 36.0. The monoisotopic (exact) mass is 607 g/mol. The van der Waals surface area contributed by atoms with E-state index in [9.17, 15) is 28.8 Å². The number of hydrogen-bond acceptors (Lipinski definition) is 7. The third-order valence-corrected chi connectivity index (χ3v) is 8.00. The highest BCUT2D eigenvalue weighted by Gasteiger charge is 2.47. The van der Waals surface area contributed by atoms with Crippen molar-refractivity contribution in [2.24, 2.45) is 34.8 Å². The Balaban J connectivity index is 2.28. The zero-order valence-corrected chi connectivity index (χ0v) is 27.5. The molecule has 1 aliphatic carbocycles. The highest BCUT2D eigenvalue weighted by Crippen LogP contribution is 2.35. The third-order valence-electron chi connectivity index (χ3n) is 8.00. The molecule has 1 aliphatic heterocycles. The first-order valence-electron chi connectivity index (χ1n) is 15.4. The molecule has 0 radical (unpaired) electrons. The molecule has 0 spiro atoms. The van der Waals surface area contributed by atoms with E-state index >= 15 is 0 Å². The van der Waals surface area contributed by atoms with Gasteiger partial charge in [0.15, 0.2) is 0 Å². The molecule has 0 aromatic heterocycles. The second kappa shape index (κ2) is 14.1. The van der Waals surface area contributed by atoms with Crippen molar-refractivity contribution in [1.29, 1.82) is 0 Å². The Labute approximate surface area is 256 Å². The molecule has 0 aromatic rings. The summed E-state index contributed by atoms with van der Waals surface area (Å²) in [6.45, 7) is 18.4. The summed E-state index contributed by atoms with van der Waals surface area (Å²) in [5.74, 6) is -3.80. The third kappa shape index (κ3) is 10.2. The number of Topliss-reactive ketones (excluding diaryl/α,β-unsaturated/α-hetero) is 1. The van der Waals surface area contributed by atoms with E-state index in [1.165, 1.54) is 4.90 Å². The Bertz CT molecular complexity index is 1070. The van der Waals surface area contributed by atoms with Gasteiger partial charge in [0.2, 0.25) is 17.6 Å². The van der Waals surface area contributed by atoms with Gasteiger partial charge < -0.3 is 31.3 Å². The Morgan fingerprint density at radius 2 is 1.47 bits per heavy atom. The number of nitrogens with zero attached hydrogens (tertiary/aromatic N) is 1. The van der Waals surface area contributed by atoms with Crippen molar-refractivity contribution in [2.75, 3.05) is 6.54 Å². The van der Waals surface area contributed by atoms with Gasteiger partial charge >= 0.3 is 12.0 Å². The van der Waals surface area contributed by atoms with Crippen LogP contribution in [0, 0.1) is 29.1 Å². The zero-order valence-electron chi connectivity index (χ0n) is 27.5. The lowest BCUT2D eigenvalue weighted by atomic mass is 9.86. The van der Waals surface area contributed by atoms with Crippen molar-refractivity contribution in [3.8, 4) is 0 Å². The number of likely N-dealkylation sites (tertiary alicyclic amines) is 1. The second-order valence-electron chi connectivity index (χ2n) is 14.8. The molecule has 43 heavy (non-hydrogen) atoms. The van der Waals surface area contributed by atoms with Gasteiger partial charge in [-0.05, 0) is 62.7 Å². The molecule has 1 saturated heterocycles. The van der Waals surface area contributed by atoms with Gasteiger partial charge in [0, 0.05) is 6.54 Å². The number of carbonyl (C=O) groups excluding carboxylic acids is 6. The van der Waals surface area contributed by atoms with Crippen LogP contribution in [0.15, 0.2) is 0 Å². The van der Waals surface area contributed by atoms with Gasteiger partial charge in [-0.3, -0.25) is 19.2 Å². The van der Waals surface area contributed by atoms with Gasteiger partial charge in [-0.1, -0.05) is 61.3 Å². The van der Waals surface area contributed by atoms with Gasteiger partial charge in [0.05, 0.1) is 6.04 Å². The summed E-state index contributed by atoms with van der Waals surface area (Å²) in [4.78, 5) is 79.5. The summed E-state index contributed by atoms with van der Waals surface area (Å²) in [5.41, 5.74) is 3.82. The molecule has 0 bridgehead atoms. The highest BCUT2D eigenvalue weighted by molar-refractivity contribution is 6.37. The van der Waals surface area contributed by atoms with E-state index in [0.717, 1.165) is 12.8 Å². The summed E-state index contributed by atoms with van der Waals surface area (Å²) in [6.07, 6.45) is 2.70. The van der Waals surface area contributed by atoms with Crippen LogP contribution in [0.3, 0.4) is 0 Å². The van der Waals surface area contributed by atoms with Crippen molar-refractivity contribution in [3.63, 3.8) is 0 Å². The van der Waals surface area contributed by atoms with Crippen LogP contribution in [-0.2, 0) is 28.7 Å². The molecule has 1 saturated carbocycles. The molecule has 2 unspecified atom stereocenters. The summed E-state index contributed by atoms with van der Waals surface area (Å²) in [6, 6.07) is -4.65. The number of carbonyl (C=O) groups is 6. The lowest BCUT2D eigenvalue weighted by Crippen LogP contribution is -2.61. The molecular weight excluding hydrogens is 554 g/mol. The number of primary amides is 1. The molecule has 0 aromatic carbocycles. The number of ketones is 1. The van der Waals surface area contributed by atoms with E-state index in [1.807, 2.05) is 13.8 Å². The number of nitrogens with one attached hydrogen (secondary N) is 3. The lowest BCUT2D eigenvalue weighted by Gasteiger charge is -2.35. The van der Waals surface area contributed by atoms with E-state index in [-0.39, 0.29) is 30.2 Å². The number of ether oxygens (including phenoxy) is 1. The number of hydrogen-bond donors (Lipinski definition) is 4. The molecule has 5 N–H and O–H groups in total. The fourth-order valence-corrected chi connectivity index (χ4v) is 5.44. The molecule has 2 fully saturated rings. The van der Waals surface area contributed by atoms with Crippen LogP contribution in [0.25, 0.3) is 0 Å². The van der Waals surface area contributed by atoms with E-state index in [2.05, 4.69) is 16.0 Å². The van der Waals surface area contributed by atoms with Crippen LogP contribution in [-0.4, -0.2) is 76.7 Å². The SMILES string of the molecule is CC(C)C1CCN(C(=O)[C@@H](NC(=O)N[C@H](C(=O)OC(C)(C)C)C(C)(C)C)C(C)C)[C@@H]1C(=O)NC(CC1CC1)C(=O)C(N)=O. The van der Waals surface area contributed by atoms with Gasteiger partial charge in [0.25, 0.3) is 5.91 Å². The first-order chi connectivity index (χ1) is 19.6. The van der Waals surface area contributed by atoms with E-state index in [0.29, 0.717) is 12.8 Å². The summed E-state index contributed by atoms with van der Waals surface area (Å²) >= 11 is 0. The van der Waals surface area contributed by atoms with Crippen LogP contribution in [0.5, 0.6) is 0 Å². The quantitative estimate of drug-likeness (QED) is 0.194. The predicted molar refractivity (Wildman–Crippen MR) is 161 cm³/mol. The molecule has 12 heteroatoms. The molecule has 244 valence electrons. The topological polar surface area (TPSA) is 177 Å². The number of nitrogens with two attached hydrogens (primary N) is 1. The Kier molecular flexibility index (Phi) is 11.8. The fraction of sp³-hybridized carbons (Fsp3) is 0.806. The van der Waals surface area contributed by atoms with Gasteiger partial charge in [-0.15, -0.1) is 0 Å². The van der Waals surface area contributed by atoms with Gasteiger partial charge in [-0.25, -0.2) is 9.59 Å². The Hall–Kier alpha value is -3.18. The number of amides is 5. The molecule has 5 amide bonds. The maximum atomic E-state index is 14.0. The first-order valence-corrected chi connectivity index (χ1v) is 15.4. The van der Waals surface area contributed by atoms with Crippen molar-refractivity contribution in [1.82, 2.24) is 20.9 Å². The van der Waals surface area contributed by atoms with Crippen LogP contribution in [0.1, 0.15) is 94.9 Å². The minimum Gasteiger partial charge on any atom is -0.458 e. The number of rotatable bonds is 12. The Morgan fingerprint density at radius 1 is 0.884 bits per heavy atom. The molecular formula is C31H53N5O7. The minimum absolute atomic E-state index is 0.0393. The van der Waals surface area contributed by atoms with Crippen LogP contribution in [0.2, 0.25) is 0 Å². The summed E-state index contributed by atoms with van der Waals surface area (Å²) < 4.78 is 5.52. The second-order valence-corrected chi connectivity index (χ2v) is 14.8. The van der Waals surface area contributed by atoms with Crippen LogP contribution < -0.4 is 21.7 Å². The predicted octanol–water partition coefficient (Wildman–Crippen LogP) is 2.28. The normalized spacial score (nSPS) is 21.2. The van der Waals surface area contributed by atoms with Crippen LogP contribution >= 0.6 is 0 Å². The van der Waals surface area contributed by atoms with Gasteiger partial charge in [-0.2, -0.15) is 0 Å². The van der Waals surface area contributed by atoms with Crippen molar-refractivity contribution in [3.05, 3.63) is 0 Å². The van der Waals surface area contributed by atoms with Crippen molar-refractivity contribution >= 4 is 35.5 Å². The molecule has 2 aliphatic rings. The van der Waals surface area contributed by atoms with Crippen molar-refractivity contribution < 1.29 is 33.5 Å². The smallest absolute Gasteiger partial charge is 0.329 e. The summed E-state index contributed by atoms with van der Waals surface area (Å²) in [5, 5.41) is 8.15. The maximum absolute atomic E-state index is 14.0. The lowest BCUT2D eigenvalue weighted by molar-refractivity contribution is -0.160. The fourth-order valence-electron chi connectivity index (χ4n) is 5.44. The largest absolute Gasteiger partial charge is 0.458 e. The van der Waals surface area contributed by atoms with E-state index in [1.54, 1.807) is 55.4 Å². The number of urea groups is 1. The van der Waals surface area contributed by atoms with Gasteiger partial charge in [0.1, 0.15) is 23.7 Å².